The molecular formula is C20H26IN7. The van der Waals surface area contributed by atoms with Crippen LogP contribution >= 0.6 is 24.0 Å². The fraction of sp³-hybridized carbons (Fsp3) is 0.350. The first-order valence-electron chi connectivity index (χ1n) is 9.18. The maximum Gasteiger partial charge on any atom is 0.191 e. The van der Waals surface area contributed by atoms with Crippen molar-refractivity contribution < 1.29 is 0 Å². The van der Waals surface area contributed by atoms with Crippen LogP contribution < -0.4 is 16.4 Å². The van der Waals surface area contributed by atoms with E-state index < -0.39 is 0 Å². The quantitative estimate of drug-likeness (QED) is 0.190. The fourth-order valence-electron chi connectivity index (χ4n) is 3.13. The number of hydrogen-bond donors (Lipinski definition) is 3. The summed E-state index contributed by atoms with van der Waals surface area (Å²) in [6.07, 6.45) is 7.92. The minimum Gasteiger partial charge on any atom is -0.382 e. The van der Waals surface area contributed by atoms with Crippen LogP contribution in [-0.4, -0.2) is 35.4 Å². The molecule has 1 aliphatic rings. The number of para-hydroxylation sites is 1. The number of aryl methyl sites for hydroxylation is 1. The molecule has 3 rings (SSSR count). The zero-order valence-electron chi connectivity index (χ0n) is 15.9. The van der Waals surface area contributed by atoms with Gasteiger partial charge in [0.25, 0.3) is 0 Å². The van der Waals surface area contributed by atoms with E-state index in [2.05, 4.69) is 38.9 Å². The molecule has 0 bridgehead atoms. The average Bonchev–Trinajstić information content (AvgIpc) is 3.32. The Balaban J connectivity index is 0.00000280. The van der Waals surface area contributed by atoms with Crippen molar-refractivity contribution in [2.75, 3.05) is 19.3 Å². The van der Waals surface area contributed by atoms with Crippen LogP contribution in [0.2, 0.25) is 0 Å². The molecule has 1 aromatic heterocycles. The molecule has 0 saturated heterocycles. The molecule has 0 saturated carbocycles. The second kappa shape index (κ2) is 10.7. The van der Waals surface area contributed by atoms with Crippen molar-refractivity contribution in [3.05, 3.63) is 53.7 Å². The molecule has 1 aromatic carbocycles. The van der Waals surface area contributed by atoms with Crippen molar-refractivity contribution in [2.24, 2.45) is 4.99 Å². The van der Waals surface area contributed by atoms with Gasteiger partial charge in [0.05, 0.1) is 11.4 Å². The molecule has 1 heterocycles. The van der Waals surface area contributed by atoms with Crippen LogP contribution in [0.1, 0.15) is 30.5 Å². The zero-order chi connectivity index (χ0) is 19.1. The van der Waals surface area contributed by atoms with E-state index >= 15 is 0 Å². The molecule has 4 N–H and O–H groups in total. The first-order chi connectivity index (χ1) is 13.2. The topological polar surface area (TPSA) is 104 Å². The smallest absolute Gasteiger partial charge is 0.191 e. The molecule has 0 fully saturated rings. The second-order valence-corrected chi connectivity index (χ2v) is 6.45. The minimum absolute atomic E-state index is 0. The Kier molecular flexibility index (Phi) is 8.32. The van der Waals surface area contributed by atoms with Crippen LogP contribution in [0.25, 0.3) is 5.69 Å². The summed E-state index contributed by atoms with van der Waals surface area (Å²) in [5.74, 6) is 1.19. The van der Waals surface area contributed by atoms with Gasteiger partial charge < -0.3 is 16.4 Å². The normalized spacial score (nSPS) is 13.8. The highest BCUT2D eigenvalue weighted by atomic mass is 127. The summed E-state index contributed by atoms with van der Waals surface area (Å²) < 4.78 is 1.63. The number of rotatable bonds is 6. The highest BCUT2D eigenvalue weighted by Crippen LogP contribution is 2.21. The number of guanidine groups is 1. The van der Waals surface area contributed by atoms with Crippen molar-refractivity contribution >= 4 is 35.8 Å². The number of aliphatic imine (C=N–C) groups is 1. The molecule has 148 valence electrons. The van der Waals surface area contributed by atoms with E-state index in [4.69, 9.17) is 5.73 Å². The van der Waals surface area contributed by atoms with Crippen molar-refractivity contribution in [3.8, 4) is 11.8 Å². The SMILES string of the molecule is CN=C(NCCCc1nn(-c2ccccc2)c(N)c1C#N)NC1CC=CC1.I. The molecule has 0 unspecified atom stereocenters. The summed E-state index contributed by atoms with van der Waals surface area (Å²) in [6, 6.07) is 12.2. The van der Waals surface area contributed by atoms with E-state index in [1.54, 1.807) is 11.7 Å². The predicted octanol–water partition coefficient (Wildman–Crippen LogP) is 2.76. The van der Waals surface area contributed by atoms with E-state index in [0.717, 1.165) is 43.1 Å². The number of anilines is 1. The standard InChI is InChI=1S/C20H25N7.HI/c1-23-20(25-15-8-5-6-9-15)24-13-7-12-18-17(14-21)19(22)27(26-18)16-10-3-2-4-11-16;/h2-6,10-11,15H,7-9,12-13,22H2,1H3,(H2,23,24,25);1H. The average molecular weight is 491 g/mol. The molecule has 7 nitrogen and oxygen atoms in total. The maximum absolute atomic E-state index is 9.47. The molecule has 28 heavy (non-hydrogen) atoms. The van der Waals surface area contributed by atoms with Gasteiger partial charge in [0.15, 0.2) is 5.96 Å². The van der Waals surface area contributed by atoms with Gasteiger partial charge >= 0.3 is 0 Å². The molecule has 2 aromatic rings. The number of nitriles is 1. The van der Waals surface area contributed by atoms with E-state index in [-0.39, 0.29) is 24.0 Å². The van der Waals surface area contributed by atoms with Crippen LogP contribution in [0.15, 0.2) is 47.5 Å². The Morgan fingerprint density at radius 3 is 2.68 bits per heavy atom. The van der Waals surface area contributed by atoms with Gasteiger partial charge in [0.2, 0.25) is 0 Å². The van der Waals surface area contributed by atoms with Gasteiger partial charge in [-0.1, -0.05) is 30.4 Å². The van der Waals surface area contributed by atoms with Gasteiger partial charge in [0.1, 0.15) is 17.5 Å². The lowest BCUT2D eigenvalue weighted by atomic mass is 10.1. The third-order valence-corrected chi connectivity index (χ3v) is 4.56. The van der Waals surface area contributed by atoms with Crippen LogP contribution in [-0.2, 0) is 6.42 Å². The summed E-state index contributed by atoms with van der Waals surface area (Å²) in [5.41, 5.74) is 8.17. The largest absolute Gasteiger partial charge is 0.382 e. The number of halogens is 1. The molecule has 8 heteroatoms. The highest BCUT2D eigenvalue weighted by Gasteiger charge is 2.16. The third-order valence-electron chi connectivity index (χ3n) is 4.56. The highest BCUT2D eigenvalue weighted by molar-refractivity contribution is 14.0. The monoisotopic (exact) mass is 491 g/mol. The lowest BCUT2D eigenvalue weighted by Gasteiger charge is -2.16. The Hall–Kier alpha value is -2.54. The number of nitrogens with one attached hydrogen (secondary N) is 2. The number of hydrogen-bond acceptors (Lipinski definition) is 4. The number of benzene rings is 1. The number of nitrogens with two attached hydrogens (primary N) is 1. The van der Waals surface area contributed by atoms with E-state index in [9.17, 15) is 5.26 Å². The number of nitrogens with zero attached hydrogens (tertiary/aromatic N) is 4. The van der Waals surface area contributed by atoms with Crippen LogP contribution in [0.4, 0.5) is 5.82 Å². The number of nitrogen functional groups attached to an aromatic ring is 1. The van der Waals surface area contributed by atoms with E-state index in [1.807, 2.05) is 30.3 Å². The van der Waals surface area contributed by atoms with Gasteiger partial charge in [-0.2, -0.15) is 10.4 Å². The van der Waals surface area contributed by atoms with E-state index in [1.165, 1.54) is 0 Å². The summed E-state index contributed by atoms with van der Waals surface area (Å²) >= 11 is 0. The van der Waals surface area contributed by atoms with Gasteiger partial charge in [-0.3, -0.25) is 4.99 Å². The molecule has 1 aliphatic carbocycles. The van der Waals surface area contributed by atoms with Crippen molar-refractivity contribution in [2.45, 2.75) is 31.7 Å². The van der Waals surface area contributed by atoms with Gasteiger partial charge in [-0.05, 0) is 37.8 Å². The van der Waals surface area contributed by atoms with Crippen LogP contribution in [0, 0.1) is 11.3 Å². The molecular weight excluding hydrogens is 465 g/mol. The Morgan fingerprint density at radius 2 is 2.04 bits per heavy atom. The molecule has 0 aliphatic heterocycles. The first kappa shape index (κ1) is 21.8. The first-order valence-corrected chi connectivity index (χ1v) is 9.18. The third kappa shape index (κ3) is 5.25. The lowest BCUT2D eigenvalue weighted by Crippen LogP contribution is -2.42. The predicted molar refractivity (Wildman–Crippen MR) is 123 cm³/mol. The summed E-state index contributed by atoms with van der Waals surface area (Å²) in [4.78, 5) is 4.26. The number of aromatic nitrogens is 2. The van der Waals surface area contributed by atoms with Crippen LogP contribution in [0.3, 0.4) is 0 Å². The van der Waals surface area contributed by atoms with Gasteiger partial charge in [-0.15, -0.1) is 24.0 Å². The van der Waals surface area contributed by atoms with Crippen molar-refractivity contribution in [1.82, 2.24) is 20.4 Å². The minimum atomic E-state index is 0. The van der Waals surface area contributed by atoms with Crippen LogP contribution in [0.5, 0.6) is 0 Å². The second-order valence-electron chi connectivity index (χ2n) is 6.45. The zero-order valence-corrected chi connectivity index (χ0v) is 18.3. The fourth-order valence-corrected chi connectivity index (χ4v) is 3.13. The molecule has 0 atom stereocenters. The van der Waals surface area contributed by atoms with Crippen molar-refractivity contribution in [1.29, 1.82) is 5.26 Å². The Bertz CT molecular complexity index is 857. The maximum atomic E-state index is 9.47. The molecule has 0 spiro atoms. The van der Waals surface area contributed by atoms with E-state index in [0.29, 0.717) is 23.8 Å². The summed E-state index contributed by atoms with van der Waals surface area (Å²) in [6.45, 7) is 0.739. The molecule has 0 radical (unpaired) electrons. The van der Waals surface area contributed by atoms with Crippen molar-refractivity contribution in [3.63, 3.8) is 0 Å². The molecule has 0 amide bonds. The van der Waals surface area contributed by atoms with Gasteiger partial charge in [-0.25, -0.2) is 4.68 Å². The Labute approximate surface area is 182 Å². The summed E-state index contributed by atoms with van der Waals surface area (Å²) in [5, 5.41) is 20.8. The Morgan fingerprint density at radius 1 is 1.32 bits per heavy atom. The summed E-state index contributed by atoms with van der Waals surface area (Å²) in [7, 11) is 1.77. The lowest BCUT2D eigenvalue weighted by molar-refractivity contribution is 0.627. The van der Waals surface area contributed by atoms with Gasteiger partial charge in [0, 0.05) is 19.6 Å².